The second-order valence-corrected chi connectivity index (χ2v) is 4.07. The molecule has 16 heavy (non-hydrogen) atoms. The number of hydrogen-bond acceptors (Lipinski definition) is 4. The first-order chi connectivity index (χ1) is 7.84. The van der Waals surface area contributed by atoms with Crippen molar-refractivity contribution >= 4 is 5.78 Å². The van der Waals surface area contributed by atoms with Crippen LogP contribution in [0.2, 0.25) is 0 Å². The van der Waals surface area contributed by atoms with Crippen LogP contribution in [-0.4, -0.2) is 32.7 Å². The summed E-state index contributed by atoms with van der Waals surface area (Å²) in [5.41, 5.74) is 0.787. The van der Waals surface area contributed by atoms with Crippen molar-refractivity contribution in [3.63, 3.8) is 0 Å². The Morgan fingerprint density at radius 2 is 2.19 bits per heavy atom. The van der Waals surface area contributed by atoms with Crippen LogP contribution in [0.25, 0.3) is 5.78 Å². The summed E-state index contributed by atoms with van der Waals surface area (Å²) in [6.07, 6.45) is 3.55. The maximum atomic E-state index is 11.7. The van der Waals surface area contributed by atoms with Gasteiger partial charge in [0.25, 0.3) is 11.3 Å². The zero-order valence-corrected chi connectivity index (χ0v) is 8.81. The molecule has 0 spiro atoms. The summed E-state index contributed by atoms with van der Waals surface area (Å²) >= 11 is 0. The van der Waals surface area contributed by atoms with Gasteiger partial charge in [0, 0.05) is 12.0 Å². The highest BCUT2D eigenvalue weighted by molar-refractivity contribution is 5.27. The molecule has 0 radical (unpaired) electrons. The molecular weight excluding hydrogens is 206 g/mol. The normalized spacial score (nSPS) is 18.0. The van der Waals surface area contributed by atoms with Crippen molar-refractivity contribution in [1.82, 2.24) is 24.9 Å². The Kier molecular flexibility index (Phi) is 2.21. The molecule has 0 aromatic carbocycles. The molecule has 3 heterocycles. The molecule has 0 bridgehead atoms. The van der Waals surface area contributed by atoms with Crippen molar-refractivity contribution in [1.29, 1.82) is 0 Å². The van der Waals surface area contributed by atoms with Gasteiger partial charge in [-0.2, -0.15) is 4.52 Å². The van der Waals surface area contributed by atoms with Crippen molar-refractivity contribution in [2.45, 2.75) is 18.8 Å². The Labute approximate surface area is 91.7 Å². The van der Waals surface area contributed by atoms with Crippen molar-refractivity contribution in [3.05, 3.63) is 28.4 Å². The lowest BCUT2D eigenvalue weighted by atomic mass is 9.94. The van der Waals surface area contributed by atoms with Gasteiger partial charge in [0.05, 0.1) is 5.69 Å². The predicted octanol–water partition coefficient (Wildman–Crippen LogP) is -0.115. The number of nitrogens with one attached hydrogen (secondary N) is 2. The zero-order chi connectivity index (χ0) is 11.0. The van der Waals surface area contributed by atoms with Gasteiger partial charge in [-0.25, -0.2) is 9.97 Å². The molecule has 2 N–H and O–H groups in total. The summed E-state index contributed by atoms with van der Waals surface area (Å²) in [4.78, 5) is 20.2. The van der Waals surface area contributed by atoms with Crippen LogP contribution in [0.15, 0.2) is 17.2 Å². The average Bonchev–Trinajstić information content (AvgIpc) is 2.79. The fourth-order valence-corrected chi connectivity index (χ4v) is 2.17. The minimum absolute atomic E-state index is 0.0870. The lowest BCUT2D eigenvalue weighted by Crippen LogP contribution is -2.28. The second-order valence-electron chi connectivity index (χ2n) is 4.07. The SMILES string of the molecule is O=c1cc(C2CCNCC2)nc2nc[nH]n12. The first-order valence-corrected chi connectivity index (χ1v) is 5.48. The average molecular weight is 219 g/mol. The van der Waals surface area contributed by atoms with E-state index in [1.54, 1.807) is 6.07 Å². The summed E-state index contributed by atoms with van der Waals surface area (Å²) in [5, 5.41) is 6.03. The van der Waals surface area contributed by atoms with Crippen LogP contribution in [0.4, 0.5) is 0 Å². The van der Waals surface area contributed by atoms with Crippen LogP contribution >= 0.6 is 0 Å². The largest absolute Gasteiger partial charge is 0.317 e. The van der Waals surface area contributed by atoms with Crippen LogP contribution in [0.3, 0.4) is 0 Å². The molecule has 84 valence electrons. The maximum Gasteiger partial charge on any atom is 0.274 e. The van der Waals surface area contributed by atoms with E-state index >= 15 is 0 Å². The number of aromatic nitrogens is 4. The summed E-state index contributed by atoms with van der Waals surface area (Å²) in [7, 11) is 0. The highest BCUT2D eigenvalue weighted by atomic mass is 16.1. The van der Waals surface area contributed by atoms with Crippen molar-refractivity contribution < 1.29 is 0 Å². The monoisotopic (exact) mass is 219 g/mol. The molecule has 0 saturated carbocycles. The van der Waals surface area contributed by atoms with Gasteiger partial charge in [0.2, 0.25) is 0 Å². The molecule has 1 fully saturated rings. The van der Waals surface area contributed by atoms with E-state index in [1.165, 1.54) is 10.8 Å². The van der Waals surface area contributed by atoms with E-state index < -0.39 is 0 Å². The van der Waals surface area contributed by atoms with Crippen LogP contribution < -0.4 is 10.9 Å². The summed E-state index contributed by atoms with van der Waals surface area (Å²) < 4.78 is 1.35. The summed E-state index contributed by atoms with van der Waals surface area (Å²) in [6, 6.07) is 1.61. The van der Waals surface area contributed by atoms with Gasteiger partial charge in [-0.05, 0) is 25.9 Å². The Morgan fingerprint density at radius 3 is 3.00 bits per heavy atom. The third-order valence-electron chi connectivity index (χ3n) is 3.05. The second kappa shape index (κ2) is 3.71. The minimum atomic E-state index is -0.0870. The van der Waals surface area contributed by atoms with Gasteiger partial charge in [0.15, 0.2) is 0 Å². The Bertz CT molecular complexity index is 552. The summed E-state index contributed by atoms with van der Waals surface area (Å²) in [6.45, 7) is 1.98. The molecule has 0 atom stereocenters. The third kappa shape index (κ3) is 1.51. The fourth-order valence-electron chi connectivity index (χ4n) is 2.17. The van der Waals surface area contributed by atoms with E-state index in [4.69, 9.17) is 0 Å². The standard InChI is InChI=1S/C10H13N5O/c16-9-5-8(7-1-3-11-4-2-7)14-10-12-6-13-15(9)10/h5-7,11H,1-4H2,(H,12,13,14). The number of aromatic amines is 1. The van der Waals surface area contributed by atoms with Gasteiger partial charge in [-0.1, -0.05) is 0 Å². The summed E-state index contributed by atoms with van der Waals surface area (Å²) in [5.74, 6) is 0.844. The first-order valence-electron chi connectivity index (χ1n) is 5.48. The number of H-pyrrole nitrogens is 1. The molecule has 1 aliphatic heterocycles. The van der Waals surface area contributed by atoms with Crippen molar-refractivity contribution in [2.24, 2.45) is 0 Å². The molecule has 6 nitrogen and oxygen atoms in total. The molecule has 1 aliphatic rings. The Morgan fingerprint density at radius 1 is 1.38 bits per heavy atom. The van der Waals surface area contributed by atoms with Crippen LogP contribution in [-0.2, 0) is 0 Å². The van der Waals surface area contributed by atoms with E-state index in [2.05, 4.69) is 20.4 Å². The maximum absolute atomic E-state index is 11.7. The van der Waals surface area contributed by atoms with Gasteiger partial charge in [-0.15, -0.1) is 0 Å². The van der Waals surface area contributed by atoms with Gasteiger partial charge in [0.1, 0.15) is 6.33 Å². The quantitative estimate of drug-likeness (QED) is 0.701. The number of nitrogens with zero attached hydrogens (tertiary/aromatic N) is 3. The number of rotatable bonds is 1. The predicted molar refractivity (Wildman–Crippen MR) is 58.5 cm³/mol. The number of piperidine rings is 1. The molecule has 6 heteroatoms. The van der Waals surface area contributed by atoms with Gasteiger partial charge in [-0.3, -0.25) is 9.89 Å². The molecule has 0 aliphatic carbocycles. The van der Waals surface area contributed by atoms with Crippen molar-refractivity contribution in [3.8, 4) is 0 Å². The smallest absolute Gasteiger partial charge is 0.274 e. The Hall–Kier alpha value is -1.69. The Balaban J connectivity index is 2.06. The van der Waals surface area contributed by atoms with E-state index in [0.29, 0.717) is 11.7 Å². The highest BCUT2D eigenvalue weighted by Crippen LogP contribution is 2.22. The molecule has 2 aromatic rings. The zero-order valence-electron chi connectivity index (χ0n) is 8.81. The fraction of sp³-hybridized carbons (Fsp3) is 0.500. The van der Waals surface area contributed by atoms with Gasteiger partial charge < -0.3 is 5.32 Å². The third-order valence-corrected chi connectivity index (χ3v) is 3.05. The highest BCUT2D eigenvalue weighted by Gasteiger charge is 2.18. The van der Waals surface area contributed by atoms with Crippen LogP contribution in [0.1, 0.15) is 24.5 Å². The number of fused-ring (bicyclic) bond motifs is 1. The van der Waals surface area contributed by atoms with Crippen LogP contribution in [0.5, 0.6) is 0 Å². The van der Waals surface area contributed by atoms with E-state index in [1.807, 2.05) is 0 Å². The molecule has 0 amide bonds. The molecule has 0 unspecified atom stereocenters. The topological polar surface area (TPSA) is 75.1 Å². The lowest BCUT2D eigenvalue weighted by molar-refractivity contribution is 0.453. The molecule has 1 saturated heterocycles. The lowest BCUT2D eigenvalue weighted by Gasteiger charge is -2.21. The number of hydrogen-bond donors (Lipinski definition) is 2. The first kappa shape index (κ1) is 9.53. The van der Waals surface area contributed by atoms with Crippen LogP contribution in [0, 0.1) is 0 Å². The minimum Gasteiger partial charge on any atom is -0.317 e. The molecule has 2 aromatic heterocycles. The van der Waals surface area contributed by atoms with Gasteiger partial charge >= 0.3 is 0 Å². The van der Waals surface area contributed by atoms with E-state index in [9.17, 15) is 4.79 Å². The van der Waals surface area contributed by atoms with E-state index in [-0.39, 0.29) is 5.56 Å². The van der Waals surface area contributed by atoms with E-state index in [0.717, 1.165) is 31.6 Å². The van der Waals surface area contributed by atoms with Crippen molar-refractivity contribution in [2.75, 3.05) is 13.1 Å². The molecule has 3 rings (SSSR count). The molecular formula is C10H13N5O.